The van der Waals surface area contributed by atoms with Crippen molar-refractivity contribution >= 4 is 0 Å². The summed E-state index contributed by atoms with van der Waals surface area (Å²) >= 11 is 0. The van der Waals surface area contributed by atoms with E-state index in [-0.39, 0.29) is 19.5 Å². The standard InChI is InChI=1S/C4H9.Ru/c1-4(2)3;/h4H,1H2,2-3H3;. The molecule has 0 rings (SSSR count). The van der Waals surface area contributed by atoms with E-state index in [0.29, 0.717) is 5.92 Å². The summed E-state index contributed by atoms with van der Waals surface area (Å²) in [5.74, 6) is 0.583. The molecule has 5 heavy (non-hydrogen) atoms. The second-order valence-electron chi connectivity index (χ2n) is 1.39. The first-order valence-electron chi connectivity index (χ1n) is 1.56. The first kappa shape index (κ1) is 9.16. The molecule has 0 heterocycles. The van der Waals surface area contributed by atoms with E-state index in [1.165, 1.54) is 0 Å². The van der Waals surface area contributed by atoms with Crippen molar-refractivity contribution in [2.45, 2.75) is 13.8 Å². The molecule has 0 amide bonds. The Morgan fingerprint density at radius 1 is 1.40 bits per heavy atom. The zero-order valence-electron chi connectivity index (χ0n) is 3.64. The molecule has 0 N–H and O–H groups in total. The van der Waals surface area contributed by atoms with Gasteiger partial charge >= 0.3 is 0 Å². The minimum absolute atomic E-state index is 0. The van der Waals surface area contributed by atoms with Gasteiger partial charge in [0.05, 0.1) is 0 Å². The van der Waals surface area contributed by atoms with Crippen LogP contribution < -0.4 is 0 Å². The maximum absolute atomic E-state index is 3.64. The van der Waals surface area contributed by atoms with Crippen molar-refractivity contribution in [1.82, 2.24) is 0 Å². The van der Waals surface area contributed by atoms with E-state index in [2.05, 4.69) is 20.8 Å². The molecule has 0 nitrogen and oxygen atoms in total. The molecule has 1 heteroatoms. The molecule has 0 spiro atoms. The van der Waals surface area contributed by atoms with Crippen molar-refractivity contribution in [3.8, 4) is 0 Å². The minimum Gasteiger partial charge on any atom is -0.0628 e. The van der Waals surface area contributed by atoms with Crippen LogP contribution in [-0.4, -0.2) is 0 Å². The van der Waals surface area contributed by atoms with E-state index in [0.717, 1.165) is 0 Å². The summed E-state index contributed by atoms with van der Waals surface area (Å²) in [7, 11) is 0. The van der Waals surface area contributed by atoms with Crippen molar-refractivity contribution in [2.75, 3.05) is 0 Å². The van der Waals surface area contributed by atoms with Crippen LogP contribution in [0.1, 0.15) is 13.8 Å². The minimum atomic E-state index is 0. The van der Waals surface area contributed by atoms with Gasteiger partial charge in [0.25, 0.3) is 0 Å². The van der Waals surface area contributed by atoms with E-state index < -0.39 is 0 Å². The molecule has 0 saturated carbocycles. The van der Waals surface area contributed by atoms with Gasteiger partial charge in [0, 0.05) is 19.5 Å². The Balaban J connectivity index is 0. The third-order valence-corrected chi connectivity index (χ3v) is 0. The fourth-order valence-corrected chi connectivity index (χ4v) is 0. The van der Waals surface area contributed by atoms with E-state index >= 15 is 0 Å². The summed E-state index contributed by atoms with van der Waals surface area (Å²) in [4.78, 5) is 0. The Morgan fingerprint density at radius 3 is 1.40 bits per heavy atom. The van der Waals surface area contributed by atoms with E-state index in [1.807, 2.05) is 0 Å². The van der Waals surface area contributed by atoms with Gasteiger partial charge in [0.15, 0.2) is 0 Å². The zero-order chi connectivity index (χ0) is 3.58. The van der Waals surface area contributed by atoms with Crippen LogP contribution in [0, 0.1) is 12.8 Å². The SMILES string of the molecule is [CH2]C(C)C.[Ru]. The number of hydrogen-bond acceptors (Lipinski definition) is 0. The monoisotopic (exact) mass is 159 g/mol. The molecular formula is C4H9Ru. The average Bonchev–Trinajstić information content (AvgIpc) is 0.811. The van der Waals surface area contributed by atoms with Crippen LogP contribution in [0.15, 0.2) is 0 Å². The van der Waals surface area contributed by atoms with Crippen LogP contribution in [0.3, 0.4) is 0 Å². The Morgan fingerprint density at radius 2 is 1.40 bits per heavy atom. The van der Waals surface area contributed by atoms with Crippen LogP contribution >= 0.6 is 0 Å². The summed E-state index contributed by atoms with van der Waals surface area (Å²) in [5.41, 5.74) is 0. The zero-order valence-corrected chi connectivity index (χ0v) is 5.38. The molecule has 0 aromatic rings. The fraction of sp³-hybridized carbons (Fsp3) is 0.750. The van der Waals surface area contributed by atoms with E-state index in [9.17, 15) is 0 Å². The Hall–Kier alpha value is 0.623. The van der Waals surface area contributed by atoms with E-state index in [1.54, 1.807) is 0 Å². The molecule has 0 aromatic heterocycles. The largest absolute Gasteiger partial charge is 0.0628 e. The molecule has 0 bridgehead atoms. The van der Waals surface area contributed by atoms with Crippen LogP contribution in [0.4, 0.5) is 0 Å². The summed E-state index contributed by atoms with van der Waals surface area (Å²) in [6.45, 7) is 7.75. The van der Waals surface area contributed by atoms with Crippen molar-refractivity contribution < 1.29 is 19.5 Å². The second kappa shape index (κ2) is 4.62. The third-order valence-electron chi connectivity index (χ3n) is 0. The van der Waals surface area contributed by atoms with Crippen molar-refractivity contribution in [3.05, 3.63) is 6.92 Å². The molecule has 1 radical (unpaired) electrons. The second-order valence-corrected chi connectivity index (χ2v) is 1.39. The molecule has 0 aliphatic carbocycles. The molecule has 0 atom stereocenters. The molecule has 33 valence electrons. The fourth-order valence-electron chi connectivity index (χ4n) is 0. The van der Waals surface area contributed by atoms with Crippen LogP contribution in [0.5, 0.6) is 0 Å². The smallest absolute Gasteiger partial charge is 0 e. The van der Waals surface area contributed by atoms with Crippen molar-refractivity contribution in [3.63, 3.8) is 0 Å². The van der Waals surface area contributed by atoms with Gasteiger partial charge in [-0.25, -0.2) is 0 Å². The Kier molecular flexibility index (Phi) is 8.47. The topological polar surface area (TPSA) is 0 Å². The first-order chi connectivity index (χ1) is 1.73. The van der Waals surface area contributed by atoms with Crippen molar-refractivity contribution in [2.24, 2.45) is 5.92 Å². The van der Waals surface area contributed by atoms with Gasteiger partial charge in [-0.15, -0.1) is 0 Å². The molecule has 0 aliphatic rings. The summed E-state index contributed by atoms with van der Waals surface area (Å²) in [5, 5.41) is 0. The van der Waals surface area contributed by atoms with E-state index in [4.69, 9.17) is 0 Å². The third kappa shape index (κ3) is 81.9. The van der Waals surface area contributed by atoms with Crippen LogP contribution in [-0.2, 0) is 19.5 Å². The summed E-state index contributed by atoms with van der Waals surface area (Å²) in [6.07, 6.45) is 0. The van der Waals surface area contributed by atoms with Crippen LogP contribution in [0.2, 0.25) is 0 Å². The molecule has 0 aromatic carbocycles. The molecule has 0 saturated heterocycles. The summed E-state index contributed by atoms with van der Waals surface area (Å²) in [6, 6.07) is 0. The normalized spacial score (nSPS) is 7.20. The average molecular weight is 158 g/mol. The van der Waals surface area contributed by atoms with Gasteiger partial charge < -0.3 is 0 Å². The molecule has 0 fully saturated rings. The van der Waals surface area contributed by atoms with Gasteiger partial charge in [0.1, 0.15) is 0 Å². The number of hydrogen-bond donors (Lipinski definition) is 0. The van der Waals surface area contributed by atoms with Crippen LogP contribution in [0.25, 0.3) is 0 Å². The molecule has 0 aliphatic heterocycles. The summed E-state index contributed by atoms with van der Waals surface area (Å²) < 4.78 is 0. The van der Waals surface area contributed by atoms with Crippen molar-refractivity contribution in [1.29, 1.82) is 0 Å². The van der Waals surface area contributed by atoms with Gasteiger partial charge in [0.2, 0.25) is 0 Å². The maximum atomic E-state index is 3.64. The number of rotatable bonds is 0. The predicted octanol–water partition coefficient (Wildman–Crippen LogP) is 1.47. The predicted molar refractivity (Wildman–Crippen MR) is 20.2 cm³/mol. The Labute approximate surface area is 46.7 Å². The first-order valence-corrected chi connectivity index (χ1v) is 1.56. The quantitative estimate of drug-likeness (QED) is 0.468. The maximum Gasteiger partial charge on any atom is 0 e. The molecule has 0 unspecified atom stereocenters. The Bertz CT molecular complexity index is 8.36. The van der Waals surface area contributed by atoms with Gasteiger partial charge in [-0.3, -0.25) is 0 Å². The van der Waals surface area contributed by atoms with Gasteiger partial charge in [-0.1, -0.05) is 20.8 Å². The van der Waals surface area contributed by atoms with Gasteiger partial charge in [-0.2, -0.15) is 0 Å². The van der Waals surface area contributed by atoms with Gasteiger partial charge in [-0.05, 0) is 5.92 Å². The molecular weight excluding hydrogens is 149 g/mol.